The van der Waals surface area contributed by atoms with Gasteiger partial charge in [0, 0.05) is 29.5 Å². The molecular weight excluding hydrogens is 507 g/mol. The Hall–Kier alpha value is -1.16. The van der Waals surface area contributed by atoms with Crippen LogP contribution < -0.4 is 10.6 Å². The summed E-state index contributed by atoms with van der Waals surface area (Å²) in [5.74, 6) is 1.81. The summed E-state index contributed by atoms with van der Waals surface area (Å²) >= 11 is 3.46. The van der Waals surface area contributed by atoms with E-state index >= 15 is 0 Å². The average Bonchev–Trinajstić information content (AvgIpc) is 3.00. The number of aliphatic imine (C=N–C) groups is 1. The molecule has 144 valence electrons. The van der Waals surface area contributed by atoms with Gasteiger partial charge in [-0.2, -0.15) is 0 Å². The van der Waals surface area contributed by atoms with Crippen LogP contribution in [0.2, 0.25) is 0 Å². The van der Waals surface area contributed by atoms with E-state index in [9.17, 15) is 0 Å². The van der Waals surface area contributed by atoms with Crippen molar-refractivity contribution in [2.45, 2.75) is 52.7 Å². The fourth-order valence-corrected chi connectivity index (χ4v) is 2.55. The number of nitrogens with one attached hydrogen (secondary N) is 2. The summed E-state index contributed by atoms with van der Waals surface area (Å²) < 4.78 is 3.14. The zero-order chi connectivity index (χ0) is 18.3. The van der Waals surface area contributed by atoms with E-state index < -0.39 is 0 Å². The van der Waals surface area contributed by atoms with Gasteiger partial charge in [0.25, 0.3) is 0 Å². The minimum Gasteiger partial charge on any atom is -0.355 e. The fraction of sp³-hybridized carbons (Fsp3) is 0.500. The highest BCUT2D eigenvalue weighted by Crippen LogP contribution is 2.11. The third-order valence-electron chi connectivity index (χ3n) is 3.48. The lowest BCUT2D eigenvalue weighted by Gasteiger charge is -2.24. The number of rotatable bonds is 6. The molecule has 26 heavy (non-hydrogen) atoms. The van der Waals surface area contributed by atoms with E-state index in [0.29, 0.717) is 6.54 Å². The lowest BCUT2D eigenvalue weighted by atomic mass is 10.1. The van der Waals surface area contributed by atoms with Crippen molar-refractivity contribution in [2.75, 3.05) is 6.54 Å². The zero-order valence-corrected chi connectivity index (χ0v) is 19.7. The molecule has 8 heteroatoms. The molecule has 0 aliphatic carbocycles. The highest BCUT2D eigenvalue weighted by Gasteiger charge is 2.12. The van der Waals surface area contributed by atoms with E-state index in [1.54, 1.807) is 6.33 Å². The van der Waals surface area contributed by atoms with Crippen molar-refractivity contribution in [1.82, 2.24) is 25.4 Å². The second-order valence-corrected chi connectivity index (χ2v) is 7.80. The SMILES string of the molecule is CCc1nncn1CCNC(=NCc1ccc(Br)cc1)NC(C)(C)C.I. The maximum Gasteiger partial charge on any atom is 0.192 e. The van der Waals surface area contributed by atoms with Crippen LogP contribution in [0.3, 0.4) is 0 Å². The minimum atomic E-state index is -0.0588. The maximum absolute atomic E-state index is 4.71. The second kappa shape index (κ2) is 10.9. The Bertz CT molecular complexity index is 690. The van der Waals surface area contributed by atoms with E-state index in [-0.39, 0.29) is 29.5 Å². The van der Waals surface area contributed by atoms with Crippen molar-refractivity contribution >= 4 is 45.9 Å². The number of aromatic nitrogens is 3. The van der Waals surface area contributed by atoms with Crippen LogP contribution in [-0.4, -0.2) is 32.8 Å². The molecule has 1 aromatic heterocycles. The Morgan fingerprint density at radius 1 is 1.23 bits per heavy atom. The van der Waals surface area contributed by atoms with E-state index in [1.807, 2.05) is 12.1 Å². The van der Waals surface area contributed by atoms with Crippen LogP contribution in [0.5, 0.6) is 0 Å². The second-order valence-electron chi connectivity index (χ2n) is 6.89. The van der Waals surface area contributed by atoms with Gasteiger partial charge < -0.3 is 15.2 Å². The molecule has 0 amide bonds. The predicted molar refractivity (Wildman–Crippen MR) is 121 cm³/mol. The lowest BCUT2D eigenvalue weighted by molar-refractivity contribution is 0.497. The molecule has 6 nitrogen and oxygen atoms in total. The van der Waals surface area contributed by atoms with Crippen molar-refractivity contribution in [3.63, 3.8) is 0 Å². The summed E-state index contributed by atoms with van der Waals surface area (Å²) in [6, 6.07) is 8.22. The van der Waals surface area contributed by atoms with Crippen molar-refractivity contribution in [1.29, 1.82) is 0 Å². The summed E-state index contributed by atoms with van der Waals surface area (Å²) in [6.07, 6.45) is 2.65. The molecule has 0 unspecified atom stereocenters. The van der Waals surface area contributed by atoms with Crippen LogP contribution in [0.25, 0.3) is 0 Å². The monoisotopic (exact) mass is 534 g/mol. The molecule has 2 aromatic rings. The first-order valence-electron chi connectivity index (χ1n) is 8.55. The molecule has 0 saturated carbocycles. The van der Waals surface area contributed by atoms with Crippen LogP contribution in [0.4, 0.5) is 0 Å². The van der Waals surface area contributed by atoms with Crippen LogP contribution in [0.1, 0.15) is 39.1 Å². The molecule has 0 spiro atoms. The first kappa shape index (κ1) is 22.9. The number of hydrogen-bond donors (Lipinski definition) is 2. The fourth-order valence-electron chi connectivity index (χ4n) is 2.29. The molecule has 2 rings (SSSR count). The van der Waals surface area contributed by atoms with Crippen LogP contribution in [-0.2, 0) is 19.5 Å². The molecule has 1 aromatic carbocycles. The van der Waals surface area contributed by atoms with Gasteiger partial charge in [-0.25, -0.2) is 4.99 Å². The summed E-state index contributed by atoms with van der Waals surface area (Å²) in [5, 5.41) is 14.9. The average molecular weight is 535 g/mol. The third kappa shape index (κ3) is 8.03. The maximum atomic E-state index is 4.71. The lowest BCUT2D eigenvalue weighted by Crippen LogP contribution is -2.48. The third-order valence-corrected chi connectivity index (χ3v) is 4.01. The van der Waals surface area contributed by atoms with E-state index in [1.165, 1.54) is 5.56 Å². The number of aryl methyl sites for hydroxylation is 1. The quantitative estimate of drug-likeness (QED) is 0.336. The molecule has 1 heterocycles. The van der Waals surface area contributed by atoms with Gasteiger partial charge in [-0.05, 0) is 38.5 Å². The summed E-state index contributed by atoms with van der Waals surface area (Å²) in [7, 11) is 0. The highest BCUT2D eigenvalue weighted by molar-refractivity contribution is 14.0. The van der Waals surface area contributed by atoms with Gasteiger partial charge in [0.2, 0.25) is 0 Å². The van der Waals surface area contributed by atoms with Gasteiger partial charge in [0.15, 0.2) is 5.96 Å². The largest absolute Gasteiger partial charge is 0.355 e. The Labute approximate surface area is 181 Å². The van der Waals surface area contributed by atoms with Crippen molar-refractivity contribution in [3.8, 4) is 0 Å². The van der Waals surface area contributed by atoms with Crippen LogP contribution >= 0.6 is 39.9 Å². The normalized spacial score (nSPS) is 11.8. The summed E-state index contributed by atoms with van der Waals surface area (Å²) in [4.78, 5) is 4.71. The van der Waals surface area contributed by atoms with Crippen molar-refractivity contribution in [2.24, 2.45) is 4.99 Å². The predicted octanol–water partition coefficient (Wildman–Crippen LogP) is 3.75. The molecule has 0 aliphatic rings. The smallest absolute Gasteiger partial charge is 0.192 e. The summed E-state index contributed by atoms with van der Waals surface area (Å²) in [6.45, 7) is 10.6. The number of hydrogen-bond acceptors (Lipinski definition) is 3. The Kier molecular flexibility index (Phi) is 9.56. The molecule has 0 aliphatic heterocycles. The molecule has 0 bridgehead atoms. The molecule has 0 radical (unpaired) electrons. The minimum absolute atomic E-state index is 0. The molecule has 0 fully saturated rings. The Morgan fingerprint density at radius 2 is 1.92 bits per heavy atom. The molecule has 0 atom stereocenters. The number of nitrogens with zero attached hydrogens (tertiary/aromatic N) is 4. The van der Waals surface area contributed by atoms with Crippen molar-refractivity contribution in [3.05, 3.63) is 46.5 Å². The number of benzene rings is 1. The molecule has 0 saturated heterocycles. The topological polar surface area (TPSA) is 67.1 Å². The van der Waals surface area contributed by atoms with Gasteiger partial charge in [-0.3, -0.25) is 0 Å². The summed E-state index contributed by atoms with van der Waals surface area (Å²) in [5.41, 5.74) is 1.11. The molecule has 2 N–H and O–H groups in total. The van der Waals surface area contributed by atoms with Gasteiger partial charge in [0.1, 0.15) is 12.2 Å². The standard InChI is InChI=1S/C18H27BrN6.HI/c1-5-16-24-22-13-25(16)11-10-20-17(23-18(2,3)4)21-12-14-6-8-15(19)9-7-14;/h6-9,13H,5,10-12H2,1-4H3,(H2,20,21,23);1H. The number of guanidine groups is 1. The van der Waals surface area contributed by atoms with E-state index in [0.717, 1.165) is 35.8 Å². The van der Waals surface area contributed by atoms with Gasteiger partial charge in [-0.15, -0.1) is 34.2 Å². The van der Waals surface area contributed by atoms with Gasteiger partial charge in [-0.1, -0.05) is 35.0 Å². The van der Waals surface area contributed by atoms with Crippen molar-refractivity contribution < 1.29 is 0 Å². The Balaban J connectivity index is 0.00000338. The van der Waals surface area contributed by atoms with Crippen LogP contribution in [0, 0.1) is 0 Å². The number of halogens is 2. The highest BCUT2D eigenvalue weighted by atomic mass is 127. The molecular formula is C18H28BrIN6. The zero-order valence-electron chi connectivity index (χ0n) is 15.8. The van der Waals surface area contributed by atoms with Crippen LogP contribution in [0.15, 0.2) is 40.1 Å². The van der Waals surface area contributed by atoms with Gasteiger partial charge in [0.05, 0.1) is 6.54 Å². The Morgan fingerprint density at radius 3 is 2.54 bits per heavy atom. The van der Waals surface area contributed by atoms with E-state index in [2.05, 4.69) is 81.2 Å². The first-order valence-corrected chi connectivity index (χ1v) is 9.34. The van der Waals surface area contributed by atoms with Gasteiger partial charge >= 0.3 is 0 Å². The van der Waals surface area contributed by atoms with E-state index in [4.69, 9.17) is 4.99 Å². The first-order chi connectivity index (χ1) is 11.9.